The summed E-state index contributed by atoms with van der Waals surface area (Å²) in [5, 5.41) is 0. The van der Waals surface area contributed by atoms with Crippen LogP contribution in [0.1, 0.15) is 23.1 Å². The lowest BCUT2D eigenvalue weighted by atomic mass is 9.93. The van der Waals surface area contributed by atoms with E-state index in [0.717, 1.165) is 6.42 Å². The minimum absolute atomic E-state index is 0.605. The largest absolute Gasteiger partial charge is 0.326 e. The van der Waals surface area contributed by atoms with Crippen LogP contribution in [0.25, 0.3) is 11.1 Å². The summed E-state index contributed by atoms with van der Waals surface area (Å²) in [7, 11) is 1.20. The molecule has 1 aliphatic carbocycles. The summed E-state index contributed by atoms with van der Waals surface area (Å²) in [5.74, 6) is 0. The van der Waals surface area contributed by atoms with E-state index in [1.165, 1.54) is 49.7 Å². The zero-order valence-electron chi connectivity index (χ0n) is 12.5. The lowest BCUT2D eigenvalue weighted by molar-refractivity contribution is 1.07. The highest BCUT2D eigenvalue weighted by atomic mass is 28.1. The van der Waals surface area contributed by atoms with Gasteiger partial charge in [0.25, 0.3) is 0 Å². The minimum atomic E-state index is 0.605. The van der Waals surface area contributed by atoms with Gasteiger partial charge >= 0.3 is 0 Å². The van der Waals surface area contributed by atoms with Crippen molar-refractivity contribution in [1.29, 1.82) is 0 Å². The molecule has 2 aromatic carbocycles. The Bertz CT molecular complexity index is 681. The van der Waals surface area contributed by atoms with E-state index in [1.54, 1.807) is 0 Å². The molecule has 2 aromatic rings. The fourth-order valence-corrected chi connectivity index (χ4v) is 3.66. The molecule has 0 unspecified atom stereocenters. The van der Waals surface area contributed by atoms with Crippen LogP contribution in [-0.2, 0) is 6.54 Å². The molecule has 0 fully saturated rings. The third kappa shape index (κ3) is 2.78. The highest BCUT2D eigenvalue weighted by Gasteiger charge is 2.19. The first-order chi connectivity index (χ1) is 10.3. The topological polar surface area (TPSA) is 26.0 Å². The van der Waals surface area contributed by atoms with Crippen LogP contribution in [0.3, 0.4) is 0 Å². The van der Waals surface area contributed by atoms with Crippen LogP contribution >= 0.6 is 0 Å². The number of hydrogen-bond donors (Lipinski definition) is 1. The fourth-order valence-electron chi connectivity index (χ4n) is 3.01. The van der Waals surface area contributed by atoms with Crippen LogP contribution in [0, 0.1) is 0 Å². The van der Waals surface area contributed by atoms with E-state index in [4.69, 9.17) is 5.73 Å². The molecule has 0 radical (unpaired) electrons. The summed E-state index contributed by atoms with van der Waals surface area (Å²) >= 11 is 0. The molecule has 0 spiro atoms. The van der Waals surface area contributed by atoms with E-state index in [0.29, 0.717) is 6.54 Å². The summed E-state index contributed by atoms with van der Waals surface area (Å²) in [6.07, 6.45) is 3.46. The molecular formula is C19H21NSi. The molecule has 1 aliphatic rings. The minimum Gasteiger partial charge on any atom is -0.326 e. The highest BCUT2D eigenvalue weighted by molar-refractivity contribution is 6.15. The average Bonchev–Trinajstić information content (AvgIpc) is 2.99. The van der Waals surface area contributed by atoms with Crippen LogP contribution in [-0.4, -0.2) is 10.2 Å². The first-order valence-corrected chi connectivity index (χ1v) is 9.02. The Hall–Kier alpha value is -1.90. The van der Waals surface area contributed by atoms with E-state index >= 15 is 0 Å². The van der Waals surface area contributed by atoms with Gasteiger partial charge in [0, 0.05) is 16.8 Å². The Morgan fingerprint density at radius 2 is 1.62 bits per heavy atom. The Morgan fingerprint density at radius 3 is 2.24 bits per heavy atom. The van der Waals surface area contributed by atoms with Crippen molar-refractivity contribution in [2.45, 2.75) is 19.0 Å². The van der Waals surface area contributed by atoms with Gasteiger partial charge in [0.15, 0.2) is 0 Å². The van der Waals surface area contributed by atoms with E-state index < -0.39 is 0 Å². The number of nitrogens with two attached hydrogens (primary N) is 1. The predicted octanol–water partition coefficient (Wildman–Crippen LogP) is 3.17. The van der Waals surface area contributed by atoms with Crippen molar-refractivity contribution in [3.05, 3.63) is 82.9 Å². The summed E-state index contributed by atoms with van der Waals surface area (Å²) in [4.78, 5) is 0. The van der Waals surface area contributed by atoms with Crippen LogP contribution in [0.15, 0.2) is 66.2 Å². The average molecular weight is 291 g/mol. The molecule has 0 saturated heterocycles. The summed E-state index contributed by atoms with van der Waals surface area (Å²) in [5.41, 5.74) is 14.0. The Balaban J connectivity index is 2.09. The summed E-state index contributed by atoms with van der Waals surface area (Å²) in [6, 6.07) is 20.7. The third-order valence-corrected chi connectivity index (χ3v) is 4.92. The van der Waals surface area contributed by atoms with Crippen molar-refractivity contribution in [3.8, 4) is 0 Å². The van der Waals surface area contributed by atoms with Gasteiger partial charge in [0.1, 0.15) is 0 Å². The van der Waals surface area contributed by atoms with Gasteiger partial charge in [-0.15, -0.1) is 0 Å². The Kier molecular flexibility index (Phi) is 4.18. The first kappa shape index (κ1) is 14.1. The number of allylic oxidation sites excluding steroid dienone is 4. The lowest BCUT2D eigenvalue weighted by Gasteiger charge is -2.12. The molecule has 3 rings (SSSR count). The second kappa shape index (κ2) is 6.25. The molecule has 1 nitrogen and oxygen atoms in total. The number of hydrogen-bond acceptors (Lipinski definition) is 1. The third-order valence-electron chi connectivity index (χ3n) is 4.16. The van der Waals surface area contributed by atoms with Crippen molar-refractivity contribution in [2.75, 3.05) is 0 Å². The predicted molar refractivity (Wildman–Crippen MR) is 95.0 cm³/mol. The molecule has 2 heteroatoms. The standard InChI is InChI=1S/C19H21NSi/c20-12-14-6-8-16(9-7-14)19-17(13-21)10-11-18(19)15-4-2-1-3-5-15/h1-10H,11-13,20H2,21H3. The smallest absolute Gasteiger partial charge is 0.0178 e. The zero-order chi connectivity index (χ0) is 14.7. The Morgan fingerprint density at radius 1 is 0.905 bits per heavy atom. The molecule has 0 atom stereocenters. The van der Waals surface area contributed by atoms with Crippen molar-refractivity contribution >= 4 is 21.4 Å². The van der Waals surface area contributed by atoms with Gasteiger partial charge in [-0.3, -0.25) is 0 Å². The van der Waals surface area contributed by atoms with Crippen LogP contribution in [0.4, 0.5) is 0 Å². The molecular weight excluding hydrogens is 270 g/mol. The van der Waals surface area contributed by atoms with Crippen molar-refractivity contribution < 1.29 is 0 Å². The molecule has 0 saturated carbocycles. The van der Waals surface area contributed by atoms with Gasteiger partial charge in [-0.05, 0) is 45.9 Å². The maximum atomic E-state index is 5.71. The van der Waals surface area contributed by atoms with Gasteiger partial charge in [-0.2, -0.15) is 0 Å². The van der Waals surface area contributed by atoms with Crippen LogP contribution in [0.2, 0.25) is 6.04 Å². The molecule has 0 bridgehead atoms. The molecule has 0 aromatic heterocycles. The van der Waals surface area contributed by atoms with E-state index in [-0.39, 0.29) is 0 Å². The maximum Gasteiger partial charge on any atom is 0.0178 e. The van der Waals surface area contributed by atoms with Gasteiger partial charge in [-0.1, -0.05) is 60.7 Å². The Labute approximate surface area is 129 Å². The molecule has 0 amide bonds. The van der Waals surface area contributed by atoms with Crippen molar-refractivity contribution in [3.63, 3.8) is 0 Å². The monoisotopic (exact) mass is 291 g/mol. The van der Waals surface area contributed by atoms with E-state index in [1.807, 2.05) is 0 Å². The normalized spacial score (nSPS) is 14.6. The van der Waals surface area contributed by atoms with Crippen LogP contribution in [0.5, 0.6) is 0 Å². The fraction of sp³-hybridized carbons (Fsp3) is 0.158. The first-order valence-electron chi connectivity index (χ1n) is 7.60. The highest BCUT2D eigenvalue weighted by Crippen LogP contribution is 2.41. The van der Waals surface area contributed by atoms with Gasteiger partial charge < -0.3 is 5.73 Å². The lowest BCUT2D eigenvalue weighted by Crippen LogP contribution is -1.97. The van der Waals surface area contributed by atoms with Gasteiger partial charge in [-0.25, -0.2) is 0 Å². The van der Waals surface area contributed by atoms with Gasteiger partial charge in [0.2, 0.25) is 0 Å². The van der Waals surface area contributed by atoms with Crippen molar-refractivity contribution in [2.24, 2.45) is 5.73 Å². The second-order valence-corrected chi connectivity index (χ2v) is 6.11. The van der Waals surface area contributed by atoms with E-state index in [9.17, 15) is 0 Å². The summed E-state index contributed by atoms with van der Waals surface area (Å²) < 4.78 is 0. The zero-order valence-corrected chi connectivity index (χ0v) is 14.5. The molecule has 0 aliphatic heterocycles. The van der Waals surface area contributed by atoms with Gasteiger partial charge in [0.05, 0.1) is 0 Å². The van der Waals surface area contributed by atoms with Crippen molar-refractivity contribution in [1.82, 2.24) is 0 Å². The summed E-state index contributed by atoms with van der Waals surface area (Å²) in [6.45, 7) is 0.605. The van der Waals surface area contributed by atoms with E-state index in [2.05, 4.69) is 60.7 Å². The molecule has 2 N–H and O–H groups in total. The SMILES string of the molecule is NCc1ccc(C2=C(c3ccccc3)CC=C2C[SiH3])cc1. The second-order valence-electron chi connectivity index (χ2n) is 5.41. The molecule has 106 valence electrons. The van der Waals surface area contributed by atoms with Crippen LogP contribution < -0.4 is 5.73 Å². The molecule has 0 heterocycles. The maximum absolute atomic E-state index is 5.71. The molecule has 21 heavy (non-hydrogen) atoms. The quantitative estimate of drug-likeness (QED) is 0.860. The number of benzene rings is 2. The number of rotatable bonds is 4.